The molecule has 0 saturated heterocycles. The summed E-state index contributed by atoms with van der Waals surface area (Å²) in [4.78, 5) is 16.3. The molecule has 0 fully saturated rings. The van der Waals surface area contributed by atoms with Gasteiger partial charge in [0, 0.05) is 16.0 Å². The Kier molecular flexibility index (Phi) is 5.63. The molecule has 0 aliphatic carbocycles. The standard InChI is InChI=1S/C18H14ClFN2O2S/c19-13-3-1-12(2-4-13)16-11-25-18(22-16)9-21-17(23)10-24-15-7-5-14(20)6-8-15/h1-8,11H,9-10H2,(H,21,23). The van der Waals surface area contributed by atoms with Crippen LogP contribution in [0.3, 0.4) is 0 Å². The second-order valence-corrected chi connectivity index (χ2v) is 6.53. The van der Waals surface area contributed by atoms with Crippen molar-refractivity contribution < 1.29 is 13.9 Å². The largest absolute Gasteiger partial charge is 0.484 e. The third-order valence-electron chi connectivity index (χ3n) is 3.31. The summed E-state index contributed by atoms with van der Waals surface area (Å²) >= 11 is 7.34. The average Bonchev–Trinajstić information content (AvgIpc) is 3.09. The summed E-state index contributed by atoms with van der Waals surface area (Å²) in [6.07, 6.45) is 0. The zero-order valence-corrected chi connectivity index (χ0v) is 14.6. The van der Waals surface area contributed by atoms with Gasteiger partial charge in [-0.2, -0.15) is 0 Å². The molecule has 0 bridgehead atoms. The molecule has 128 valence electrons. The van der Waals surface area contributed by atoms with Gasteiger partial charge >= 0.3 is 0 Å². The lowest BCUT2D eigenvalue weighted by Gasteiger charge is -2.06. The van der Waals surface area contributed by atoms with Gasteiger partial charge in [0.15, 0.2) is 6.61 Å². The molecule has 3 aromatic rings. The number of carbonyl (C=O) groups is 1. The van der Waals surface area contributed by atoms with Crippen LogP contribution in [0.15, 0.2) is 53.9 Å². The maximum Gasteiger partial charge on any atom is 0.258 e. The van der Waals surface area contributed by atoms with Crippen LogP contribution in [0.4, 0.5) is 4.39 Å². The number of halogens is 2. The van der Waals surface area contributed by atoms with Crippen molar-refractivity contribution in [1.82, 2.24) is 10.3 Å². The normalized spacial score (nSPS) is 10.5. The molecule has 0 saturated carbocycles. The Labute approximate surface area is 153 Å². The summed E-state index contributed by atoms with van der Waals surface area (Å²) in [5.74, 6) is -0.180. The van der Waals surface area contributed by atoms with Crippen LogP contribution in [0, 0.1) is 5.82 Å². The lowest BCUT2D eigenvalue weighted by Crippen LogP contribution is -2.28. The highest BCUT2D eigenvalue weighted by Crippen LogP contribution is 2.23. The van der Waals surface area contributed by atoms with Crippen LogP contribution >= 0.6 is 22.9 Å². The molecular formula is C18H14ClFN2O2S. The van der Waals surface area contributed by atoms with E-state index in [1.807, 2.05) is 29.6 Å². The van der Waals surface area contributed by atoms with Gasteiger partial charge in [-0.15, -0.1) is 11.3 Å². The first kappa shape index (κ1) is 17.4. The van der Waals surface area contributed by atoms with E-state index >= 15 is 0 Å². The predicted octanol–water partition coefficient (Wildman–Crippen LogP) is 4.30. The summed E-state index contributed by atoms with van der Waals surface area (Å²) in [5, 5.41) is 6.14. The first-order chi connectivity index (χ1) is 12.1. The number of hydrogen-bond acceptors (Lipinski definition) is 4. The zero-order chi connectivity index (χ0) is 17.6. The Morgan fingerprint density at radius 2 is 1.88 bits per heavy atom. The van der Waals surface area contributed by atoms with Crippen molar-refractivity contribution in [3.8, 4) is 17.0 Å². The maximum atomic E-state index is 12.8. The van der Waals surface area contributed by atoms with Crippen molar-refractivity contribution in [1.29, 1.82) is 0 Å². The quantitative estimate of drug-likeness (QED) is 0.698. The van der Waals surface area contributed by atoms with Gasteiger partial charge in [-0.3, -0.25) is 4.79 Å². The predicted molar refractivity (Wildman–Crippen MR) is 96.3 cm³/mol. The van der Waals surface area contributed by atoms with Crippen molar-refractivity contribution >= 4 is 28.8 Å². The highest BCUT2D eigenvalue weighted by Gasteiger charge is 2.07. The Morgan fingerprint density at radius 3 is 2.60 bits per heavy atom. The number of ether oxygens (including phenoxy) is 1. The molecule has 0 unspecified atom stereocenters. The number of hydrogen-bond donors (Lipinski definition) is 1. The third-order valence-corrected chi connectivity index (χ3v) is 4.41. The SMILES string of the molecule is O=C(COc1ccc(F)cc1)NCc1nc(-c2ccc(Cl)cc2)cs1. The monoisotopic (exact) mass is 376 g/mol. The van der Waals surface area contributed by atoms with Gasteiger partial charge in [-0.25, -0.2) is 9.37 Å². The van der Waals surface area contributed by atoms with E-state index in [0.717, 1.165) is 16.3 Å². The van der Waals surface area contributed by atoms with Crippen LogP contribution in [-0.4, -0.2) is 17.5 Å². The molecule has 0 radical (unpaired) electrons. The Bertz CT molecular complexity index is 850. The van der Waals surface area contributed by atoms with E-state index < -0.39 is 0 Å². The van der Waals surface area contributed by atoms with Crippen molar-refractivity contribution in [2.75, 3.05) is 6.61 Å². The molecule has 1 heterocycles. The highest BCUT2D eigenvalue weighted by molar-refractivity contribution is 7.09. The summed E-state index contributed by atoms with van der Waals surface area (Å²) < 4.78 is 18.1. The smallest absolute Gasteiger partial charge is 0.258 e. The van der Waals surface area contributed by atoms with Crippen LogP contribution in [0.5, 0.6) is 5.75 Å². The molecule has 4 nitrogen and oxygen atoms in total. The number of thiazole rings is 1. The van der Waals surface area contributed by atoms with Gasteiger partial charge in [-0.1, -0.05) is 23.7 Å². The fraction of sp³-hybridized carbons (Fsp3) is 0.111. The van der Waals surface area contributed by atoms with Crippen LogP contribution in [0.25, 0.3) is 11.3 Å². The minimum Gasteiger partial charge on any atom is -0.484 e. The van der Waals surface area contributed by atoms with Gasteiger partial charge in [0.1, 0.15) is 16.6 Å². The van der Waals surface area contributed by atoms with Crippen LogP contribution < -0.4 is 10.1 Å². The molecule has 1 aromatic heterocycles. The summed E-state index contributed by atoms with van der Waals surface area (Å²) in [6.45, 7) is 0.185. The average molecular weight is 377 g/mol. The molecule has 2 aromatic carbocycles. The lowest BCUT2D eigenvalue weighted by molar-refractivity contribution is -0.123. The first-order valence-electron chi connectivity index (χ1n) is 7.45. The number of rotatable bonds is 6. The highest BCUT2D eigenvalue weighted by atomic mass is 35.5. The van der Waals surface area contributed by atoms with Crippen LogP contribution in [-0.2, 0) is 11.3 Å². The summed E-state index contributed by atoms with van der Waals surface area (Å²) in [6, 6.07) is 12.9. The summed E-state index contributed by atoms with van der Waals surface area (Å²) in [5.41, 5.74) is 1.81. The number of nitrogens with one attached hydrogen (secondary N) is 1. The summed E-state index contributed by atoms with van der Waals surface area (Å²) in [7, 11) is 0. The number of amides is 1. The second kappa shape index (κ2) is 8.09. The van der Waals surface area contributed by atoms with Gasteiger partial charge in [-0.05, 0) is 36.4 Å². The van der Waals surface area contributed by atoms with E-state index in [0.29, 0.717) is 17.3 Å². The Morgan fingerprint density at radius 1 is 1.16 bits per heavy atom. The molecule has 0 aliphatic heterocycles. The minimum atomic E-state index is -0.350. The van der Waals surface area contributed by atoms with Crippen molar-refractivity contribution in [2.45, 2.75) is 6.54 Å². The fourth-order valence-electron chi connectivity index (χ4n) is 2.05. The molecule has 7 heteroatoms. The van der Waals surface area contributed by atoms with Crippen LogP contribution in [0.2, 0.25) is 5.02 Å². The van der Waals surface area contributed by atoms with E-state index in [-0.39, 0.29) is 18.3 Å². The number of benzene rings is 2. The van der Waals surface area contributed by atoms with E-state index in [4.69, 9.17) is 16.3 Å². The molecule has 1 amide bonds. The van der Waals surface area contributed by atoms with Crippen molar-refractivity contribution in [2.24, 2.45) is 0 Å². The molecule has 0 aliphatic rings. The van der Waals surface area contributed by atoms with Crippen molar-refractivity contribution in [3.05, 3.63) is 69.8 Å². The van der Waals surface area contributed by atoms with Gasteiger partial charge in [0.05, 0.1) is 12.2 Å². The first-order valence-corrected chi connectivity index (χ1v) is 8.71. The molecule has 25 heavy (non-hydrogen) atoms. The molecule has 3 rings (SSSR count). The number of aromatic nitrogens is 1. The Balaban J connectivity index is 1.49. The molecule has 0 atom stereocenters. The third kappa shape index (κ3) is 5.01. The zero-order valence-electron chi connectivity index (χ0n) is 13.0. The van der Waals surface area contributed by atoms with Crippen molar-refractivity contribution in [3.63, 3.8) is 0 Å². The molecule has 0 spiro atoms. The van der Waals surface area contributed by atoms with Gasteiger partial charge in [0.25, 0.3) is 5.91 Å². The molecule has 1 N–H and O–H groups in total. The van der Waals surface area contributed by atoms with Crippen LogP contribution in [0.1, 0.15) is 5.01 Å². The molecular weight excluding hydrogens is 363 g/mol. The second-order valence-electron chi connectivity index (χ2n) is 5.15. The van der Waals surface area contributed by atoms with Gasteiger partial charge < -0.3 is 10.1 Å². The van der Waals surface area contributed by atoms with E-state index in [1.165, 1.54) is 35.6 Å². The maximum absolute atomic E-state index is 12.8. The van der Waals surface area contributed by atoms with E-state index in [9.17, 15) is 9.18 Å². The van der Waals surface area contributed by atoms with Gasteiger partial charge in [0.2, 0.25) is 0 Å². The number of carbonyl (C=O) groups excluding carboxylic acids is 1. The Hall–Kier alpha value is -2.44. The van der Waals surface area contributed by atoms with E-state index in [2.05, 4.69) is 10.3 Å². The lowest BCUT2D eigenvalue weighted by atomic mass is 10.2. The fourth-order valence-corrected chi connectivity index (χ4v) is 2.92. The number of nitrogens with zero attached hydrogens (tertiary/aromatic N) is 1. The van der Waals surface area contributed by atoms with E-state index in [1.54, 1.807) is 0 Å². The minimum absolute atomic E-state index is 0.138. The topological polar surface area (TPSA) is 51.2 Å².